The number of nitrogens with zero attached hydrogens (tertiary/aromatic N) is 1. The number of benzene rings is 2. The number of furan rings is 1. The number of aliphatic carboxylic acids is 1. The molecule has 0 unspecified atom stereocenters. The van der Waals surface area contributed by atoms with Gasteiger partial charge < -0.3 is 9.52 Å². The summed E-state index contributed by atoms with van der Waals surface area (Å²) in [6.45, 7) is 1.32. The van der Waals surface area contributed by atoms with Crippen LogP contribution in [0.2, 0.25) is 0 Å². The number of fused-ring (bicyclic) bond motifs is 1. The van der Waals surface area contributed by atoms with Gasteiger partial charge in [0.1, 0.15) is 17.4 Å². The van der Waals surface area contributed by atoms with E-state index in [2.05, 4.69) is 0 Å². The molecule has 1 aromatic heterocycles. The Hall–Kier alpha value is -2.64. The molecular formula is C18H17NO5S. The summed E-state index contributed by atoms with van der Waals surface area (Å²) in [5.74, 6) is -0.567. The van der Waals surface area contributed by atoms with Gasteiger partial charge in [-0.3, -0.25) is 4.79 Å². The zero-order valence-corrected chi connectivity index (χ0v) is 14.5. The fourth-order valence-electron chi connectivity index (χ4n) is 2.45. The van der Waals surface area contributed by atoms with Gasteiger partial charge in [0.25, 0.3) is 0 Å². The Bertz CT molecular complexity index is 988. The fraction of sp³-hybridized carbons (Fsp3) is 0.167. The first-order chi connectivity index (χ1) is 11.8. The summed E-state index contributed by atoms with van der Waals surface area (Å²) < 4.78 is 31.6. The fourth-order valence-corrected chi connectivity index (χ4v) is 3.76. The minimum Gasteiger partial charge on any atom is -0.480 e. The zero-order valence-electron chi connectivity index (χ0n) is 13.7. The summed E-state index contributed by atoms with van der Waals surface area (Å²) >= 11 is 0. The molecule has 0 saturated heterocycles. The number of carbonyl (C=O) groups is 1. The number of carboxylic acid groups (broad SMARTS) is 1. The minimum atomic E-state index is -3.88. The molecule has 0 amide bonds. The third-order valence-corrected chi connectivity index (χ3v) is 6.09. The van der Waals surface area contributed by atoms with Gasteiger partial charge in [-0.2, -0.15) is 4.31 Å². The smallest absolute Gasteiger partial charge is 0.321 e. The molecule has 0 radical (unpaired) electrons. The third kappa shape index (κ3) is 3.16. The number of hydrogen-bond donors (Lipinski definition) is 1. The maximum Gasteiger partial charge on any atom is 0.321 e. The van der Waals surface area contributed by atoms with Crippen molar-refractivity contribution in [2.75, 3.05) is 7.05 Å². The Kier molecular flexibility index (Phi) is 4.36. The maximum atomic E-state index is 12.5. The molecule has 0 fully saturated rings. The van der Waals surface area contributed by atoms with Gasteiger partial charge in [-0.15, -0.1) is 0 Å². The van der Waals surface area contributed by atoms with Crippen LogP contribution in [-0.2, 0) is 14.8 Å². The molecular weight excluding hydrogens is 342 g/mol. The van der Waals surface area contributed by atoms with Crippen molar-refractivity contribution < 1.29 is 22.7 Å². The summed E-state index contributed by atoms with van der Waals surface area (Å²) in [5.41, 5.74) is 1.49. The lowest BCUT2D eigenvalue weighted by atomic mass is 10.1. The van der Waals surface area contributed by atoms with Gasteiger partial charge in [-0.25, -0.2) is 8.42 Å². The van der Waals surface area contributed by atoms with Crippen molar-refractivity contribution in [2.45, 2.75) is 17.9 Å². The number of hydrogen-bond acceptors (Lipinski definition) is 4. The van der Waals surface area contributed by atoms with Crippen LogP contribution in [0.25, 0.3) is 22.3 Å². The molecule has 130 valence electrons. The van der Waals surface area contributed by atoms with E-state index < -0.39 is 22.0 Å². The average Bonchev–Trinajstić information content (AvgIpc) is 3.04. The Morgan fingerprint density at radius 1 is 1.12 bits per heavy atom. The lowest BCUT2D eigenvalue weighted by molar-refractivity contribution is -0.140. The van der Waals surface area contributed by atoms with Gasteiger partial charge in [0.15, 0.2) is 0 Å². The number of likely N-dealkylation sites (N-methyl/N-ethyl adjacent to an activating group) is 1. The molecule has 1 N–H and O–H groups in total. The molecule has 0 aliphatic rings. The molecule has 0 saturated carbocycles. The monoisotopic (exact) mass is 359 g/mol. The van der Waals surface area contributed by atoms with Crippen LogP contribution in [0.1, 0.15) is 6.92 Å². The van der Waals surface area contributed by atoms with Crippen LogP contribution < -0.4 is 0 Å². The molecule has 2 aromatic carbocycles. The first-order valence-corrected chi connectivity index (χ1v) is 9.04. The number of rotatable bonds is 5. The van der Waals surface area contributed by atoms with Crippen LogP contribution >= 0.6 is 0 Å². The second-order valence-electron chi connectivity index (χ2n) is 5.71. The van der Waals surface area contributed by atoms with Crippen LogP contribution in [0.5, 0.6) is 0 Å². The van der Waals surface area contributed by atoms with Gasteiger partial charge in [-0.1, -0.05) is 18.2 Å². The predicted molar refractivity (Wildman–Crippen MR) is 93.7 cm³/mol. The lowest BCUT2D eigenvalue weighted by Gasteiger charge is -2.21. The Labute approximate surface area is 145 Å². The average molecular weight is 359 g/mol. The van der Waals surface area contributed by atoms with E-state index in [4.69, 9.17) is 9.52 Å². The van der Waals surface area contributed by atoms with E-state index in [1.165, 1.54) is 26.1 Å². The summed E-state index contributed by atoms with van der Waals surface area (Å²) in [6, 6.07) is 14.5. The van der Waals surface area contributed by atoms with Crippen molar-refractivity contribution in [3.05, 3.63) is 54.6 Å². The Morgan fingerprint density at radius 3 is 2.36 bits per heavy atom. The van der Waals surface area contributed by atoms with Crippen LogP contribution in [0.15, 0.2) is 63.9 Å². The molecule has 6 nitrogen and oxygen atoms in total. The van der Waals surface area contributed by atoms with Crippen molar-refractivity contribution in [1.29, 1.82) is 0 Å². The van der Waals surface area contributed by atoms with Crippen molar-refractivity contribution in [1.82, 2.24) is 4.31 Å². The highest BCUT2D eigenvalue weighted by molar-refractivity contribution is 7.89. The van der Waals surface area contributed by atoms with Crippen LogP contribution in [0.3, 0.4) is 0 Å². The SMILES string of the molecule is C[C@H](C(=O)O)N(C)S(=O)(=O)c1ccc(-c2cc3ccccc3o2)cc1. The molecule has 25 heavy (non-hydrogen) atoms. The van der Waals surface area contributed by atoms with E-state index in [1.54, 1.807) is 12.1 Å². The normalized spacial score (nSPS) is 13.2. The molecule has 3 rings (SSSR count). The number of sulfonamides is 1. The first-order valence-electron chi connectivity index (χ1n) is 7.60. The largest absolute Gasteiger partial charge is 0.480 e. The van der Waals surface area contributed by atoms with Crippen molar-refractivity contribution in [2.24, 2.45) is 0 Å². The van der Waals surface area contributed by atoms with E-state index >= 15 is 0 Å². The van der Waals surface area contributed by atoms with Gasteiger partial charge in [0, 0.05) is 18.0 Å². The van der Waals surface area contributed by atoms with Gasteiger partial charge in [0.2, 0.25) is 10.0 Å². The first kappa shape index (κ1) is 17.2. The molecule has 7 heteroatoms. The van der Waals surface area contributed by atoms with Gasteiger partial charge in [0.05, 0.1) is 4.90 Å². The van der Waals surface area contributed by atoms with Crippen molar-refractivity contribution >= 4 is 27.0 Å². The summed E-state index contributed by atoms with van der Waals surface area (Å²) in [4.78, 5) is 11.1. The van der Waals surface area contributed by atoms with E-state index in [9.17, 15) is 13.2 Å². The topological polar surface area (TPSA) is 87.8 Å². The van der Waals surface area contributed by atoms with Gasteiger partial charge >= 0.3 is 5.97 Å². The molecule has 0 bridgehead atoms. The summed E-state index contributed by atoms with van der Waals surface area (Å²) in [6.07, 6.45) is 0. The highest BCUT2D eigenvalue weighted by Crippen LogP contribution is 2.29. The van der Waals surface area contributed by atoms with Gasteiger partial charge in [-0.05, 0) is 43.3 Å². The van der Waals surface area contributed by atoms with Crippen LogP contribution in [-0.4, -0.2) is 36.9 Å². The Morgan fingerprint density at radius 2 is 1.76 bits per heavy atom. The molecule has 3 aromatic rings. The number of carboxylic acids is 1. The van der Waals surface area contributed by atoms with Crippen molar-refractivity contribution in [3.63, 3.8) is 0 Å². The van der Waals surface area contributed by atoms with E-state index in [1.807, 2.05) is 30.3 Å². The van der Waals surface area contributed by atoms with E-state index in [0.717, 1.165) is 20.8 Å². The summed E-state index contributed by atoms with van der Waals surface area (Å²) in [5, 5.41) is 9.97. The molecule has 0 aliphatic carbocycles. The number of para-hydroxylation sites is 1. The zero-order chi connectivity index (χ0) is 18.2. The summed E-state index contributed by atoms with van der Waals surface area (Å²) in [7, 11) is -2.63. The Balaban J connectivity index is 1.93. The van der Waals surface area contributed by atoms with Crippen molar-refractivity contribution in [3.8, 4) is 11.3 Å². The highest BCUT2D eigenvalue weighted by Gasteiger charge is 2.29. The van der Waals surface area contributed by atoms with E-state index in [0.29, 0.717) is 5.76 Å². The molecule has 0 spiro atoms. The second kappa shape index (κ2) is 6.34. The lowest BCUT2D eigenvalue weighted by Crippen LogP contribution is -2.40. The van der Waals surface area contributed by atoms with Crippen LogP contribution in [0.4, 0.5) is 0 Å². The third-order valence-electron chi connectivity index (χ3n) is 4.14. The predicted octanol–water partition coefficient (Wildman–Crippen LogP) is 3.19. The second-order valence-corrected chi connectivity index (χ2v) is 7.71. The maximum absolute atomic E-state index is 12.5. The minimum absolute atomic E-state index is 0.0305. The molecule has 1 atom stereocenters. The quantitative estimate of drug-likeness (QED) is 0.756. The van der Waals surface area contributed by atoms with E-state index in [-0.39, 0.29) is 4.90 Å². The molecule has 0 aliphatic heterocycles. The standard InChI is InChI=1S/C18H17NO5S/c1-12(18(20)21)19(2)25(22,23)15-9-7-13(8-10-15)17-11-14-5-3-4-6-16(14)24-17/h3-12H,1-2H3,(H,20,21)/t12-/m1/s1. The highest BCUT2D eigenvalue weighted by atomic mass is 32.2. The molecule has 1 heterocycles. The van der Waals surface area contributed by atoms with Crippen LogP contribution in [0, 0.1) is 0 Å².